The smallest absolute Gasteiger partial charge is 0.216 e. The van der Waals surface area contributed by atoms with Gasteiger partial charge in [-0.2, -0.15) is 0 Å². The van der Waals surface area contributed by atoms with Crippen molar-refractivity contribution in [2.45, 2.75) is 53.5 Å². The van der Waals surface area contributed by atoms with Crippen molar-refractivity contribution >= 4 is 5.96 Å². The minimum atomic E-state index is -0.0216. The zero-order valence-corrected chi connectivity index (χ0v) is 16.8. The van der Waals surface area contributed by atoms with Gasteiger partial charge in [0.1, 0.15) is 12.3 Å². The summed E-state index contributed by atoms with van der Waals surface area (Å²) >= 11 is 0. The first-order valence-corrected chi connectivity index (χ1v) is 9.50. The minimum Gasteiger partial charge on any atom is -0.443 e. The number of aliphatic imine (C=N–C) groups is 1. The highest BCUT2D eigenvalue weighted by Gasteiger charge is 2.21. The average Bonchev–Trinajstić information content (AvgIpc) is 3.01. The van der Waals surface area contributed by atoms with Crippen LogP contribution in [0, 0.1) is 5.92 Å². The Morgan fingerprint density at radius 3 is 2.48 bits per heavy atom. The Kier molecular flexibility index (Phi) is 6.87. The standard InChI is InChI=1S/C19H35N5O/c1-7-20-18(24-10-8-23(9-11-24)14-15(2)3)22-13-17-21-12-16(25-17)19(4,5)6/h12,15H,7-11,13-14H2,1-6H3,(H,20,22). The molecule has 1 aromatic rings. The molecule has 1 aliphatic heterocycles. The van der Waals surface area contributed by atoms with Crippen LogP contribution in [0.1, 0.15) is 53.2 Å². The van der Waals surface area contributed by atoms with Crippen LogP contribution in [0.5, 0.6) is 0 Å². The number of oxazole rings is 1. The summed E-state index contributed by atoms with van der Waals surface area (Å²) < 4.78 is 5.85. The molecule has 0 spiro atoms. The Hall–Kier alpha value is -1.56. The van der Waals surface area contributed by atoms with Crippen LogP contribution in [0.3, 0.4) is 0 Å². The Morgan fingerprint density at radius 1 is 1.28 bits per heavy atom. The van der Waals surface area contributed by atoms with Gasteiger partial charge in [0.2, 0.25) is 5.89 Å². The van der Waals surface area contributed by atoms with Crippen LogP contribution in [0.25, 0.3) is 0 Å². The maximum absolute atomic E-state index is 5.85. The van der Waals surface area contributed by atoms with E-state index in [4.69, 9.17) is 9.41 Å². The lowest BCUT2D eigenvalue weighted by Crippen LogP contribution is -2.53. The average molecular weight is 350 g/mol. The van der Waals surface area contributed by atoms with E-state index in [1.807, 2.05) is 6.20 Å². The molecule has 1 aromatic heterocycles. The summed E-state index contributed by atoms with van der Waals surface area (Å²) in [5.74, 6) is 3.27. The molecular weight excluding hydrogens is 314 g/mol. The van der Waals surface area contributed by atoms with Crippen molar-refractivity contribution in [2.75, 3.05) is 39.3 Å². The molecule has 0 amide bonds. The molecule has 2 heterocycles. The second kappa shape index (κ2) is 8.70. The predicted octanol–water partition coefficient (Wildman–Crippen LogP) is 2.71. The maximum Gasteiger partial charge on any atom is 0.216 e. The van der Waals surface area contributed by atoms with Gasteiger partial charge in [0.25, 0.3) is 0 Å². The molecule has 1 aliphatic rings. The lowest BCUT2D eigenvalue weighted by molar-refractivity contribution is 0.164. The van der Waals surface area contributed by atoms with Crippen LogP contribution in [0.15, 0.2) is 15.6 Å². The lowest BCUT2D eigenvalue weighted by atomic mass is 9.94. The monoisotopic (exact) mass is 349 g/mol. The van der Waals surface area contributed by atoms with Gasteiger partial charge >= 0.3 is 0 Å². The zero-order chi connectivity index (χ0) is 18.4. The fraction of sp³-hybridized carbons (Fsp3) is 0.789. The largest absolute Gasteiger partial charge is 0.443 e. The van der Waals surface area contributed by atoms with Crippen LogP contribution in [-0.4, -0.2) is 60.0 Å². The molecule has 0 aromatic carbocycles. The molecule has 2 rings (SSSR count). The van der Waals surface area contributed by atoms with Gasteiger partial charge < -0.3 is 14.6 Å². The number of nitrogens with zero attached hydrogens (tertiary/aromatic N) is 4. The van der Waals surface area contributed by atoms with E-state index in [1.54, 1.807) is 0 Å². The molecule has 25 heavy (non-hydrogen) atoms. The van der Waals surface area contributed by atoms with Crippen molar-refractivity contribution in [2.24, 2.45) is 10.9 Å². The molecular formula is C19H35N5O. The second-order valence-electron chi connectivity index (χ2n) is 8.22. The quantitative estimate of drug-likeness (QED) is 0.654. The van der Waals surface area contributed by atoms with Crippen molar-refractivity contribution in [3.8, 4) is 0 Å². The van der Waals surface area contributed by atoms with Crippen LogP contribution in [0.4, 0.5) is 0 Å². The number of hydrogen-bond acceptors (Lipinski definition) is 4. The van der Waals surface area contributed by atoms with E-state index in [0.29, 0.717) is 12.4 Å². The Morgan fingerprint density at radius 2 is 1.96 bits per heavy atom. The molecule has 0 bridgehead atoms. The first kappa shape index (κ1) is 19.8. The van der Waals surface area contributed by atoms with Gasteiger partial charge in [-0.1, -0.05) is 34.6 Å². The summed E-state index contributed by atoms with van der Waals surface area (Å²) in [5, 5.41) is 3.40. The molecule has 1 fully saturated rings. The molecule has 6 nitrogen and oxygen atoms in total. The van der Waals surface area contributed by atoms with E-state index in [2.05, 4.69) is 61.6 Å². The zero-order valence-electron chi connectivity index (χ0n) is 16.8. The number of aromatic nitrogens is 1. The molecule has 1 saturated heterocycles. The van der Waals surface area contributed by atoms with Crippen molar-refractivity contribution in [1.82, 2.24) is 20.1 Å². The molecule has 0 aliphatic carbocycles. The van der Waals surface area contributed by atoms with Gasteiger partial charge in [-0.05, 0) is 12.8 Å². The predicted molar refractivity (Wildman–Crippen MR) is 103 cm³/mol. The summed E-state index contributed by atoms with van der Waals surface area (Å²) in [4.78, 5) is 14.0. The molecule has 1 N–H and O–H groups in total. The lowest BCUT2D eigenvalue weighted by Gasteiger charge is -2.37. The maximum atomic E-state index is 5.85. The first-order chi connectivity index (χ1) is 11.8. The number of nitrogens with one attached hydrogen (secondary N) is 1. The summed E-state index contributed by atoms with van der Waals surface area (Å²) in [5.41, 5.74) is -0.0216. The van der Waals surface area contributed by atoms with E-state index in [0.717, 1.165) is 50.4 Å². The van der Waals surface area contributed by atoms with E-state index < -0.39 is 0 Å². The SMILES string of the molecule is CCNC(=NCc1ncc(C(C)(C)C)o1)N1CCN(CC(C)C)CC1. The third-order valence-electron chi connectivity index (χ3n) is 4.29. The van der Waals surface area contributed by atoms with Crippen molar-refractivity contribution in [3.63, 3.8) is 0 Å². The Labute approximate surface area is 152 Å². The molecule has 0 atom stereocenters. The molecule has 0 unspecified atom stereocenters. The number of rotatable bonds is 5. The third-order valence-corrected chi connectivity index (χ3v) is 4.29. The van der Waals surface area contributed by atoms with Gasteiger partial charge in [-0.3, -0.25) is 4.90 Å². The summed E-state index contributed by atoms with van der Waals surface area (Å²) in [6.45, 7) is 19.8. The fourth-order valence-electron chi connectivity index (χ4n) is 2.96. The normalized spacial score (nSPS) is 17.4. The van der Waals surface area contributed by atoms with E-state index in [9.17, 15) is 0 Å². The van der Waals surface area contributed by atoms with Gasteiger partial charge in [0.05, 0.1) is 6.20 Å². The molecule has 142 valence electrons. The third kappa shape index (κ3) is 6.03. The summed E-state index contributed by atoms with van der Waals surface area (Å²) in [7, 11) is 0. The number of guanidine groups is 1. The number of piperazine rings is 1. The highest BCUT2D eigenvalue weighted by Crippen LogP contribution is 2.22. The van der Waals surface area contributed by atoms with Crippen LogP contribution < -0.4 is 5.32 Å². The summed E-state index contributed by atoms with van der Waals surface area (Å²) in [6.07, 6.45) is 1.82. The van der Waals surface area contributed by atoms with Crippen LogP contribution >= 0.6 is 0 Å². The van der Waals surface area contributed by atoms with Crippen molar-refractivity contribution in [1.29, 1.82) is 0 Å². The number of hydrogen-bond donors (Lipinski definition) is 1. The Balaban J connectivity index is 1.96. The van der Waals surface area contributed by atoms with Crippen molar-refractivity contribution in [3.05, 3.63) is 17.8 Å². The highest BCUT2D eigenvalue weighted by molar-refractivity contribution is 5.80. The topological polar surface area (TPSA) is 56.9 Å². The van der Waals surface area contributed by atoms with E-state index in [1.165, 1.54) is 6.54 Å². The molecule has 6 heteroatoms. The van der Waals surface area contributed by atoms with E-state index >= 15 is 0 Å². The Bertz CT molecular complexity index is 550. The second-order valence-corrected chi connectivity index (χ2v) is 8.22. The van der Waals surface area contributed by atoms with Crippen molar-refractivity contribution < 1.29 is 4.42 Å². The van der Waals surface area contributed by atoms with Crippen LogP contribution in [0.2, 0.25) is 0 Å². The van der Waals surface area contributed by atoms with Gasteiger partial charge in [0, 0.05) is 44.7 Å². The van der Waals surface area contributed by atoms with Gasteiger partial charge in [0.15, 0.2) is 5.96 Å². The molecule has 0 saturated carbocycles. The van der Waals surface area contributed by atoms with Gasteiger partial charge in [-0.25, -0.2) is 9.98 Å². The van der Waals surface area contributed by atoms with E-state index in [-0.39, 0.29) is 5.41 Å². The molecule has 0 radical (unpaired) electrons. The summed E-state index contributed by atoms with van der Waals surface area (Å²) in [6, 6.07) is 0. The fourth-order valence-corrected chi connectivity index (χ4v) is 2.96. The van der Waals surface area contributed by atoms with Gasteiger partial charge in [-0.15, -0.1) is 0 Å². The first-order valence-electron chi connectivity index (χ1n) is 9.50. The highest BCUT2D eigenvalue weighted by atomic mass is 16.4. The van der Waals surface area contributed by atoms with Crippen LogP contribution in [-0.2, 0) is 12.0 Å². The minimum absolute atomic E-state index is 0.0216.